The fraction of sp³-hybridized carbons (Fsp3) is 0.316. The predicted octanol–water partition coefficient (Wildman–Crippen LogP) is 3.44. The summed E-state index contributed by atoms with van der Waals surface area (Å²) in [6.07, 6.45) is 2.74. The van der Waals surface area contributed by atoms with Gasteiger partial charge < -0.3 is 5.32 Å². The third kappa shape index (κ3) is 4.44. The molecule has 0 aromatic heterocycles. The van der Waals surface area contributed by atoms with Gasteiger partial charge in [-0.3, -0.25) is 4.79 Å². The molecule has 138 valence electrons. The Morgan fingerprint density at radius 1 is 1.04 bits per heavy atom. The van der Waals surface area contributed by atoms with Crippen LogP contribution in [0.3, 0.4) is 0 Å². The minimum absolute atomic E-state index is 0.0664. The van der Waals surface area contributed by atoms with Crippen molar-refractivity contribution in [3.8, 4) is 0 Å². The van der Waals surface area contributed by atoms with Gasteiger partial charge >= 0.3 is 0 Å². The van der Waals surface area contributed by atoms with Crippen LogP contribution in [0, 0.1) is 0 Å². The summed E-state index contributed by atoms with van der Waals surface area (Å²) in [5.41, 5.74) is 1.20. The van der Waals surface area contributed by atoms with Crippen molar-refractivity contribution in [1.29, 1.82) is 0 Å². The zero-order valence-electron chi connectivity index (χ0n) is 14.3. The molecule has 1 aliphatic heterocycles. The highest BCUT2D eigenvalue weighted by Crippen LogP contribution is 2.24. The maximum Gasteiger partial charge on any atom is 0.251 e. The number of nitrogens with zero attached hydrogens (tertiary/aromatic N) is 1. The first-order valence-corrected chi connectivity index (χ1v) is 10.4. The van der Waals surface area contributed by atoms with E-state index in [-0.39, 0.29) is 21.4 Å². The second-order valence-corrected chi connectivity index (χ2v) is 8.68. The maximum atomic E-state index is 12.8. The molecular formula is C19H21ClN2O3S. The van der Waals surface area contributed by atoms with Crippen molar-refractivity contribution in [3.63, 3.8) is 0 Å². The Hall–Kier alpha value is -1.89. The minimum Gasteiger partial charge on any atom is -0.348 e. The zero-order valence-corrected chi connectivity index (χ0v) is 15.9. The molecule has 2 aromatic rings. The fourth-order valence-corrected chi connectivity index (χ4v) is 4.87. The van der Waals surface area contributed by atoms with Gasteiger partial charge in [-0.1, -0.05) is 48.4 Å². The molecule has 1 heterocycles. The van der Waals surface area contributed by atoms with Crippen LogP contribution in [0.25, 0.3) is 0 Å². The van der Waals surface area contributed by atoms with Crippen LogP contribution in [-0.4, -0.2) is 31.7 Å². The average Bonchev–Trinajstić information content (AvgIpc) is 2.67. The van der Waals surface area contributed by atoms with E-state index in [1.54, 1.807) is 0 Å². The molecule has 0 saturated carbocycles. The smallest absolute Gasteiger partial charge is 0.251 e. The van der Waals surface area contributed by atoms with Gasteiger partial charge in [0.2, 0.25) is 10.0 Å². The Bertz CT molecular complexity index is 879. The van der Waals surface area contributed by atoms with Crippen LogP contribution in [0.4, 0.5) is 0 Å². The van der Waals surface area contributed by atoms with E-state index >= 15 is 0 Å². The molecule has 3 rings (SSSR count). The number of carbonyl (C=O) groups is 1. The highest BCUT2D eigenvalue weighted by molar-refractivity contribution is 7.89. The van der Waals surface area contributed by atoms with Crippen LogP contribution in [-0.2, 0) is 16.6 Å². The number of amides is 1. The Morgan fingerprint density at radius 3 is 2.42 bits per heavy atom. The molecule has 0 unspecified atom stereocenters. The monoisotopic (exact) mass is 392 g/mol. The predicted molar refractivity (Wildman–Crippen MR) is 102 cm³/mol. The van der Waals surface area contributed by atoms with Gasteiger partial charge in [0.05, 0.1) is 4.90 Å². The van der Waals surface area contributed by atoms with Gasteiger partial charge in [-0.2, -0.15) is 4.31 Å². The van der Waals surface area contributed by atoms with E-state index in [4.69, 9.17) is 11.6 Å². The summed E-state index contributed by atoms with van der Waals surface area (Å²) in [6.45, 7) is 1.37. The molecule has 1 N–H and O–H groups in total. The van der Waals surface area contributed by atoms with Crippen molar-refractivity contribution in [3.05, 3.63) is 64.7 Å². The molecule has 1 aliphatic rings. The number of halogens is 1. The first kappa shape index (κ1) is 18.9. The van der Waals surface area contributed by atoms with Crippen molar-refractivity contribution in [2.75, 3.05) is 13.1 Å². The number of sulfonamides is 1. The van der Waals surface area contributed by atoms with Crippen LogP contribution in [0.5, 0.6) is 0 Å². The van der Waals surface area contributed by atoms with Gasteiger partial charge in [0, 0.05) is 30.2 Å². The van der Waals surface area contributed by atoms with E-state index in [1.807, 2.05) is 30.3 Å². The summed E-state index contributed by atoms with van der Waals surface area (Å²) >= 11 is 6.09. The van der Waals surface area contributed by atoms with Gasteiger partial charge in [-0.05, 0) is 36.6 Å². The highest BCUT2D eigenvalue weighted by atomic mass is 35.5. The first-order valence-electron chi connectivity index (χ1n) is 8.60. The van der Waals surface area contributed by atoms with Crippen LogP contribution in [0.1, 0.15) is 35.2 Å². The van der Waals surface area contributed by atoms with Crippen LogP contribution in [0.15, 0.2) is 53.4 Å². The quantitative estimate of drug-likeness (QED) is 0.847. The molecule has 2 aromatic carbocycles. The molecule has 0 spiro atoms. The number of carbonyl (C=O) groups excluding carboxylic acids is 1. The Labute approximate surface area is 159 Å². The lowest BCUT2D eigenvalue weighted by atomic mass is 10.2. The number of benzene rings is 2. The van der Waals surface area contributed by atoms with Crippen molar-refractivity contribution in [2.45, 2.75) is 30.7 Å². The average molecular weight is 393 g/mol. The zero-order chi connectivity index (χ0) is 18.6. The second kappa shape index (κ2) is 8.20. The second-order valence-electron chi connectivity index (χ2n) is 6.31. The lowest BCUT2D eigenvalue weighted by Crippen LogP contribution is -2.35. The Morgan fingerprint density at radius 2 is 1.73 bits per heavy atom. The molecule has 1 amide bonds. The molecular weight excluding hydrogens is 372 g/mol. The third-order valence-corrected chi connectivity index (χ3v) is 6.48. The summed E-state index contributed by atoms with van der Waals surface area (Å²) in [7, 11) is -3.64. The third-order valence-electron chi connectivity index (χ3n) is 4.38. The van der Waals surface area contributed by atoms with E-state index in [0.29, 0.717) is 19.6 Å². The molecule has 7 heteroatoms. The summed E-state index contributed by atoms with van der Waals surface area (Å²) in [4.78, 5) is 12.5. The van der Waals surface area contributed by atoms with Gasteiger partial charge in [0.25, 0.3) is 5.91 Å². The highest BCUT2D eigenvalue weighted by Gasteiger charge is 2.27. The number of piperidine rings is 1. The summed E-state index contributed by atoms with van der Waals surface area (Å²) in [6, 6.07) is 13.8. The van der Waals surface area contributed by atoms with E-state index in [0.717, 1.165) is 24.8 Å². The maximum absolute atomic E-state index is 12.8. The molecule has 0 aliphatic carbocycles. The molecule has 0 radical (unpaired) electrons. The van der Waals surface area contributed by atoms with E-state index in [1.165, 1.54) is 22.5 Å². The topological polar surface area (TPSA) is 66.5 Å². The molecule has 0 atom stereocenters. The number of nitrogens with one attached hydrogen (secondary N) is 1. The SMILES string of the molecule is O=C(NCc1ccccc1)c1cc(Cl)cc(S(=O)(=O)N2CCCCC2)c1. The lowest BCUT2D eigenvalue weighted by Gasteiger charge is -2.26. The number of hydrogen-bond donors (Lipinski definition) is 1. The summed E-state index contributed by atoms with van der Waals surface area (Å²) in [5, 5.41) is 3.02. The lowest BCUT2D eigenvalue weighted by molar-refractivity contribution is 0.0950. The molecule has 1 saturated heterocycles. The number of rotatable bonds is 5. The van der Waals surface area contributed by atoms with Gasteiger partial charge in [-0.25, -0.2) is 8.42 Å². The summed E-state index contributed by atoms with van der Waals surface area (Å²) in [5.74, 6) is -0.355. The Balaban J connectivity index is 1.79. The largest absolute Gasteiger partial charge is 0.348 e. The van der Waals surface area contributed by atoms with E-state index in [9.17, 15) is 13.2 Å². The van der Waals surface area contributed by atoms with Crippen LogP contribution < -0.4 is 5.32 Å². The standard InChI is InChI=1S/C19H21ClN2O3S/c20-17-11-16(19(23)21-14-15-7-3-1-4-8-15)12-18(13-17)26(24,25)22-9-5-2-6-10-22/h1,3-4,7-8,11-13H,2,5-6,9-10,14H2,(H,21,23). The molecule has 26 heavy (non-hydrogen) atoms. The Kier molecular flexibility index (Phi) is 5.96. The van der Waals surface area contributed by atoms with Crippen molar-refractivity contribution >= 4 is 27.5 Å². The van der Waals surface area contributed by atoms with Gasteiger partial charge in [-0.15, -0.1) is 0 Å². The molecule has 1 fully saturated rings. The van der Waals surface area contributed by atoms with Crippen LogP contribution >= 0.6 is 11.6 Å². The van der Waals surface area contributed by atoms with Gasteiger partial charge in [0.1, 0.15) is 0 Å². The van der Waals surface area contributed by atoms with Crippen LogP contribution in [0.2, 0.25) is 5.02 Å². The van der Waals surface area contributed by atoms with E-state index < -0.39 is 10.0 Å². The first-order chi connectivity index (χ1) is 12.5. The summed E-state index contributed by atoms with van der Waals surface area (Å²) < 4.78 is 27.1. The van der Waals surface area contributed by atoms with Crippen molar-refractivity contribution in [1.82, 2.24) is 9.62 Å². The normalized spacial score (nSPS) is 15.6. The van der Waals surface area contributed by atoms with Gasteiger partial charge in [0.15, 0.2) is 0 Å². The molecule has 0 bridgehead atoms. The molecule has 5 nitrogen and oxygen atoms in total. The van der Waals surface area contributed by atoms with Crippen molar-refractivity contribution in [2.24, 2.45) is 0 Å². The fourth-order valence-electron chi connectivity index (χ4n) is 2.98. The number of hydrogen-bond acceptors (Lipinski definition) is 3. The van der Waals surface area contributed by atoms with E-state index in [2.05, 4.69) is 5.32 Å². The minimum atomic E-state index is -3.64. The van der Waals surface area contributed by atoms with Crippen molar-refractivity contribution < 1.29 is 13.2 Å².